The molecule has 0 radical (unpaired) electrons. The van der Waals surface area contributed by atoms with Crippen LogP contribution in [-0.2, 0) is 11.2 Å². The van der Waals surface area contributed by atoms with Crippen LogP contribution < -0.4 is 5.48 Å². The van der Waals surface area contributed by atoms with Crippen LogP contribution in [0.25, 0.3) is 6.08 Å². The number of nitrogens with one attached hydrogen (secondary N) is 1. The van der Waals surface area contributed by atoms with Gasteiger partial charge in [-0.15, -0.1) is 0 Å². The average molecular weight is 371 g/mol. The Morgan fingerprint density at radius 1 is 1.23 bits per heavy atom. The van der Waals surface area contributed by atoms with Crippen molar-refractivity contribution in [1.82, 2.24) is 10.4 Å². The first-order valence-electron chi connectivity index (χ1n) is 8.87. The van der Waals surface area contributed by atoms with E-state index >= 15 is 0 Å². The lowest BCUT2D eigenvalue weighted by Crippen LogP contribution is -2.25. The fraction of sp³-hybridized carbons (Fsp3) is 0.286. The zero-order chi connectivity index (χ0) is 18.4. The molecule has 0 aliphatic carbocycles. The molecule has 0 aromatic heterocycles. The van der Waals surface area contributed by atoms with E-state index in [1.54, 1.807) is 11.6 Å². The second kappa shape index (κ2) is 8.99. The summed E-state index contributed by atoms with van der Waals surface area (Å²) >= 11 is 6.27. The van der Waals surface area contributed by atoms with Crippen LogP contribution in [0.4, 0.5) is 0 Å². The molecule has 0 spiro atoms. The number of benzene rings is 2. The first-order chi connectivity index (χ1) is 12.7. The zero-order valence-electron chi connectivity index (χ0n) is 14.6. The topological polar surface area (TPSA) is 52.6 Å². The van der Waals surface area contributed by atoms with Crippen molar-refractivity contribution in [3.63, 3.8) is 0 Å². The molecule has 1 unspecified atom stereocenters. The van der Waals surface area contributed by atoms with Crippen LogP contribution >= 0.6 is 11.6 Å². The second-order valence-corrected chi connectivity index (χ2v) is 6.92. The fourth-order valence-corrected chi connectivity index (χ4v) is 3.71. The Labute approximate surface area is 159 Å². The molecular formula is C21H23ClN2O2. The number of amides is 1. The van der Waals surface area contributed by atoms with Crippen molar-refractivity contribution in [2.75, 3.05) is 13.1 Å². The van der Waals surface area contributed by atoms with E-state index in [1.165, 1.54) is 23.6 Å². The Morgan fingerprint density at radius 2 is 2.00 bits per heavy atom. The molecule has 1 aliphatic heterocycles. The Kier molecular flexibility index (Phi) is 6.45. The third-order valence-corrected chi connectivity index (χ3v) is 5.22. The summed E-state index contributed by atoms with van der Waals surface area (Å²) < 4.78 is 0. The van der Waals surface area contributed by atoms with E-state index < -0.39 is 5.91 Å². The minimum absolute atomic E-state index is 0.427. The van der Waals surface area contributed by atoms with Crippen LogP contribution in [0.3, 0.4) is 0 Å². The standard InChI is InChI=1S/C21H23ClN2O2/c22-19-5-2-1-4-17(19)13-15-24-14-3-6-20(24)18-10-7-16(8-11-18)9-12-21(25)23-26/h1-2,4-5,7-12,20,26H,3,6,13-15H2,(H,23,25). The molecule has 4 nitrogen and oxygen atoms in total. The van der Waals surface area contributed by atoms with Crippen LogP contribution in [0.15, 0.2) is 54.6 Å². The predicted octanol–water partition coefficient (Wildman–Crippen LogP) is 4.24. The lowest BCUT2D eigenvalue weighted by molar-refractivity contribution is -0.124. The summed E-state index contributed by atoms with van der Waals surface area (Å²) in [5.41, 5.74) is 5.01. The number of halogens is 1. The molecule has 2 aromatic carbocycles. The van der Waals surface area contributed by atoms with Gasteiger partial charge in [0.2, 0.25) is 0 Å². The molecule has 1 amide bonds. The summed E-state index contributed by atoms with van der Waals surface area (Å²) in [6.07, 6.45) is 6.29. The Bertz CT molecular complexity index is 774. The van der Waals surface area contributed by atoms with Gasteiger partial charge < -0.3 is 0 Å². The van der Waals surface area contributed by atoms with Gasteiger partial charge in [0.25, 0.3) is 5.91 Å². The molecule has 2 N–H and O–H groups in total. The van der Waals surface area contributed by atoms with Gasteiger partial charge in [0, 0.05) is 23.7 Å². The predicted molar refractivity (Wildman–Crippen MR) is 104 cm³/mol. The van der Waals surface area contributed by atoms with E-state index in [9.17, 15) is 4.79 Å². The highest BCUT2D eigenvalue weighted by Gasteiger charge is 2.25. The number of hydrogen-bond donors (Lipinski definition) is 2. The van der Waals surface area contributed by atoms with Crippen molar-refractivity contribution in [3.8, 4) is 0 Å². The number of nitrogens with zero attached hydrogens (tertiary/aromatic N) is 1. The minimum Gasteiger partial charge on any atom is -0.296 e. The van der Waals surface area contributed by atoms with Gasteiger partial charge in [0.05, 0.1) is 0 Å². The molecule has 136 valence electrons. The van der Waals surface area contributed by atoms with Crippen LogP contribution in [0.2, 0.25) is 5.02 Å². The summed E-state index contributed by atoms with van der Waals surface area (Å²) in [6.45, 7) is 2.10. The highest BCUT2D eigenvalue weighted by Crippen LogP contribution is 2.32. The van der Waals surface area contributed by atoms with Gasteiger partial charge in [-0.1, -0.05) is 54.1 Å². The number of carbonyl (C=O) groups excluding carboxylic acids is 1. The maximum atomic E-state index is 11.1. The van der Waals surface area contributed by atoms with Crippen LogP contribution in [0.1, 0.15) is 35.6 Å². The zero-order valence-corrected chi connectivity index (χ0v) is 15.3. The monoisotopic (exact) mass is 370 g/mol. The van der Waals surface area contributed by atoms with E-state index in [0.717, 1.165) is 36.5 Å². The molecule has 0 bridgehead atoms. The summed E-state index contributed by atoms with van der Waals surface area (Å²) in [7, 11) is 0. The first kappa shape index (κ1) is 18.6. The average Bonchev–Trinajstić information content (AvgIpc) is 3.14. The molecule has 2 aromatic rings. The van der Waals surface area contributed by atoms with Gasteiger partial charge in [0.15, 0.2) is 0 Å². The smallest absolute Gasteiger partial charge is 0.267 e. The molecule has 26 heavy (non-hydrogen) atoms. The van der Waals surface area contributed by atoms with E-state index in [2.05, 4.69) is 23.1 Å². The van der Waals surface area contributed by atoms with E-state index in [-0.39, 0.29) is 0 Å². The number of hydrogen-bond acceptors (Lipinski definition) is 3. The normalized spacial score (nSPS) is 17.7. The van der Waals surface area contributed by atoms with Crippen molar-refractivity contribution in [2.45, 2.75) is 25.3 Å². The number of rotatable bonds is 6. The van der Waals surface area contributed by atoms with Gasteiger partial charge in [-0.05, 0) is 54.6 Å². The Hall–Kier alpha value is -2.14. The van der Waals surface area contributed by atoms with Gasteiger partial charge in [0.1, 0.15) is 0 Å². The largest absolute Gasteiger partial charge is 0.296 e. The summed E-state index contributed by atoms with van der Waals surface area (Å²) in [4.78, 5) is 13.6. The molecule has 1 saturated heterocycles. The summed E-state index contributed by atoms with van der Waals surface area (Å²) in [5, 5.41) is 9.35. The van der Waals surface area contributed by atoms with Crippen molar-refractivity contribution in [1.29, 1.82) is 0 Å². The molecule has 1 atom stereocenters. The van der Waals surface area contributed by atoms with Gasteiger partial charge in [-0.3, -0.25) is 14.9 Å². The minimum atomic E-state index is -0.532. The van der Waals surface area contributed by atoms with Gasteiger partial charge in [-0.2, -0.15) is 0 Å². The van der Waals surface area contributed by atoms with Crippen LogP contribution in [0, 0.1) is 0 Å². The van der Waals surface area contributed by atoms with Gasteiger partial charge in [-0.25, -0.2) is 5.48 Å². The molecule has 1 fully saturated rings. The summed E-state index contributed by atoms with van der Waals surface area (Å²) in [6, 6.07) is 16.7. The number of likely N-dealkylation sites (tertiary alicyclic amines) is 1. The Morgan fingerprint density at radius 3 is 2.73 bits per heavy atom. The van der Waals surface area contributed by atoms with Gasteiger partial charge >= 0.3 is 0 Å². The molecule has 1 aliphatic rings. The van der Waals surface area contributed by atoms with Crippen molar-refractivity contribution >= 4 is 23.6 Å². The molecule has 1 heterocycles. The molecule has 3 rings (SSSR count). The maximum absolute atomic E-state index is 11.1. The third kappa shape index (κ3) is 4.73. The lowest BCUT2D eigenvalue weighted by Gasteiger charge is -2.25. The van der Waals surface area contributed by atoms with Crippen LogP contribution in [0.5, 0.6) is 0 Å². The SMILES string of the molecule is O=C(C=Cc1ccc(C2CCCN2CCc2ccccc2Cl)cc1)NO. The summed E-state index contributed by atoms with van der Waals surface area (Å²) in [5.74, 6) is -0.532. The quantitative estimate of drug-likeness (QED) is 0.454. The molecular weight excluding hydrogens is 348 g/mol. The Balaban J connectivity index is 1.63. The highest BCUT2D eigenvalue weighted by molar-refractivity contribution is 6.31. The van der Waals surface area contributed by atoms with E-state index in [4.69, 9.17) is 16.8 Å². The van der Waals surface area contributed by atoms with Crippen molar-refractivity contribution in [2.24, 2.45) is 0 Å². The third-order valence-electron chi connectivity index (χ3n) is 4.85. The first-order valence-corrected chi connectivity index (χ1v) is 9.25. The fourth-order valence-electron chi connectivity index (χ4n) is 3.47. The molecule has 5 heteroatoms. The second-order valence-electron chi connectivity index (χ2n) is 6.51. The number of carbonyl (C=O) groups is 1. The van der Waals surface area contributed by atoms with Crippen molar-refractivity contribution in [3.05, 3.63) is 76.3 Å². The van der Waals surface area contributed by atoms with Crippen molar-refractivity contribution < 1.29 is 10.0 Å². The molecule has 0 saturated carbocycles. The lowest BCUT2D eigenvalue weighted by atomic mass is 10.0. The number of hydroxylamine groups is 1. The maximum Gasteiger partial charge on any atom is 0.267 e. The highest BCUT2D eigenvalue weighted by atomic mass is 35.5. The van der Waals surface area contributed by atoms with E-state index in [0.29, 0.717) is 6.04 Å². The van der Waals surface area contributed by atoms with E-state index in [1.807, 2.05) is 30.3 Å². The van der Waals surface area contributed by atoms with Crippen LogP contribution in [-0.4, -0.2) is 29.1 Å².